The molecule has 3 unspecified atom stereocenters. The Balaban J connectivity index is 1.51. The van der Waals surface area contributed by atoms with E-state index in [4.69, 9.17) is 19.3 Å². The fourth-order valence-electron chi connectivity index (χ4n) is 4.02. The maximum atomic E-state index is 11.3. The van der Waals surface area contributed by atoms with Crippen LogP contribution in [0.15, 0.2) is 6.20 Å². The van der Waals surface area contributed by atoms with Gasteiger partial charge < -0.3 is 34.4 Å². The van der Waals surface area contributed by atoms with Gasteiger partial charge in [-0.1, -0.05) is 12.8 Å². The summed E-state index contributed by atoms with van der Waals surface area (Å²) in [6.45, 7) is 1.36. The first-order valence-corrected chi connectivity index (χ1v) is 12.6. The van der Waals surface area contributed by atoms with Crippen molar-refractivity contribution in [2.45, 2.75) is 69.7 Å². The third kappa shape index (κ3) is 5.38. The average Bonchev–Trinajstić information content (AvgIpc) is 3.50. The predicted molar refractivity (Wildman–Crippen MR) is 114 cm³/mol. The van der Waals surface area contributed by atoms with Gasteiger partial charge in [-0.3, -0.25) is 4.57 Å². The number of ether oxygens (including phenoxy) is 3. The number of nitrogens with zero attached hydrogens (tertiary/aromatic N) is 4. The van der Waals surface area contributed by atoms with Gasteiger partial charge in [0.2, 0.25) is 0 Å². The summed E-state index contributed by atoms with van der Waals surface area (Å²) in [5, 5.41) is 17.8. The Morgan fingerprint density at radius 1 is 1.28 bits per heavy atom. The Morgan fingerprint density at radius 2 is 2.06 bits per heavy atom. The van der Waals surface area contributed by atoms with E-state index in [1.54, 1.807) is 10.9 Å². The Hall–Kier alpha value is -1.82. The topological polar surface area (TPSA) is 161 Å². The third-order valence-corrected chi connectivity index (χ3v) is 6.90. The van der Waals surface area contributed by atoms with Crippen molar-refractivity contribution in [1.29, 1.82) is 0 Å². The quantitative estimate of drug-likeness (QED) is 0.374. The summed E-state index contributed by atoms with van der Waals surface area (Å²) in [6, 6.07) is 0.490. The van der Waals surface area contributed by atoms with Crippen LogP contribution in [0.5, 0.6) is 6.01 Å². The number of aliphatic hydroxyl groups is 1. The standard InChI is InChI=1S/C19H30N5O7P/c1-12(32(26,27)28)30-11-14-6-7-16(31-14)24-18-15(10-20-24)17(21-13-4-2-3-5-13)22-19(23-18)29-9-8-25/h10,12-14,16,25H,2-9,11H2,1H3,(H,21,22,23)(H2,26,27,28). The number of rotatable bonds is 10. The Labute approximate surface area is 185 Å². The molecule has 0 radical (unpaired) electrons. The highest BCUT2D eigenvalue weighted by Crippen LogP contribution is 2.42. The van der Waals surface area contributed by atoms with Crippen LogP contribution in [0.1, 0.15) is 51.7 Å². The van der Waals surface area contributed by atoms with Crippen LogP contribution < -0.4 is 10.1 Å². The molecule has 2 fully saturated rings. The van der Waals surface area contributed by atoms with Crippen LogP contribution in [0.25, 0.3) is 11.0 Å². The van der Waals surface area contributed by atoms with Crippen LogP contribution in [-0.4, -0.2) is 72.5 Å². The number of aliphatic hydroxyl groups excluding tert-OH is 1. The van der Waals surface area contributed by atoms with E-state index in [1.165, 1.54) is 19.8 Å². The van der Waals surface area contributed by atoms with E-state index >= 15 is 0 Å². The molecule has 4 N–H and O–H groups in total. The first-order valence-electron chi connectivity index (χ1n) is 10.9. The second kappa shape index (κ2) is 9.98. The van der Waals surface area contributed by atoms with Crippen LogP contribution >= 0.6 is 7.60 Å². The largest absolute Gasteiger partial charge is 0.461 e. The van der Waals surface area contributed by atoms with Crippen molar-refractivity contribution in [3.63, 3.8) is 0 Å². The molecule has 3 atom stereocenters. The fraction of sp³-hybridized carbons (Fsp3) is 0.737. The molecule has 13 heteroatoms. The van der Waals surface area contributed by atoms with Gasteiger partial charge >= 0.3 is 13.6 Å². The molecule has 0 amide bonds. The van der Waals surface area contributed by atoms with Gasteiger partial charge in [0.15, 0.2) is 17.7 Å². The summed E-state index contributed by atoms with van der Waals surface area (Å²) in [6.07, 6.45) is 6.81. The first-order chi connectivity index (χ1) is 15.3. The molecule has 1 saturated carbocycles. The zero-order chi connectivity index (χ0) is 22.7. The van der Waals surface area contributed by atoms with Gasteiger partial charge in [0.25, 0.3) is 0 Å². The molecule has 2 aromatic rings. The molecule has 0 aromatic carbocycles. The molecule has 4 rings (SSSR count). The molecule has 2 aromatic heterocycles. The lowest BCUT2D eigenvalue weighted by Gasteiger charge is -2.18. The molecule has 3 heterocycles. The number of nitrogens with one attached hydrogen (secondary N) is 1. The minimum absolute atomic E-state index is 0.0797. The van der Waals surface area contributed by atoms with Gasteiger partial charge in [-0.25, -0.2) is 4.68 Å². The zero-order valence-electron chi connectivity index (χ0n) is 18.0. The van der Waals surface area contributed by atoms with Crippen LogP contribution in [0.4, 0.5) is 5.82 Å². The van der Waals surface area contributed by atoms with E-state index in [2.05, 4.69) is 20.4 Å². The monoisotopic (exact) mass is 471 g/mol. The van der Waals surface area contributed by atoms with Gasteiger partial charge in [-0.2, -0.15) is 15.1 Å². The lowest BCUT2D eigenvalue weighted by Crippen LogP contribution is -2.21. The SMILES string of the molecule is CC(OCC1CCC(n2ncc3c(NC4CCCC4)nc(OCCO)nc32)O1)P(=O)(O)O. The Kier molecular flexibility index (Phi) is 7.28. The first kappa shape index (κ1) is 23.3. The van der Waals surface area contributed by atoms with Crippen molar-refractivity contribution in [3.8, 4) is 6.01 Å². The van der Waals surface area contributed by atoms with Gasteiger partial charge in [-0.05, 0) is 32.6 Å². The maximum Gasteiger partial charge on any atom is 0.353 e. The van der Waals surface area contributed by atoms with Crippen molar-refractivity contribution in [1.82, 2.24) is 19.7 Å². The second-order valence-electron chi connectivity index (χ2n) is 8.19. The summed E-state index contributed by atoms with van der Waals surface area (Å²) in [4.78, 5) is 27.3. The van der Waals surface area contributed by atoms with Crippen molar-refractivity contribution >= 4 is 24.4 Å². The Bertz CT molecular complexity index is 961. The minimum atomic E-state index is -4.29. The number of hydrogen-bond donors (Lipinski definition) is 4. The summed E-state index contributed by atoms with van der Waals surface area (Å²) in [5.74, 6) is -0.534. The van der Waals surface area contributed by atoms with Gasteiger partial charge in [0.1, 0.15) is 12.4 Å². The van der Waals surface area contributed by atoms with E-state index in [-0.39, 0.29) is 31.9 Å². The summed E-state index contributed by atoms with van der Waals surface area (Å²) in [7, 11) is -4.29. The Morgan fingerprint density at radius 3 is 2.78 bits per heavy atom. The molecule has 1 aliphatic carbocycles. The predicted octanol–water partition coefficient (Wildman–Crippen LogP) is 1.77. The molecule has 32 heavy (non-hydrogen) atoms. The van der Waals surface area contributed by atoms with E-state index in [1.807, 2.05) is 0 Å². The van der Waals surface area contributed by atoms with E-state index in [0.717, 1.165) is 18.2 Å². The number of hydrogen-bond acceptors (Lipinski definition) is 9. The highest BCUT2D eigenvalue weighted by molar-refractivity contribution is 7.52. The number of aromatic nitrogens is 4. The van der Waals surface area contributed by atoms with Crippen molar-refractivity contribution in [2.75, 3.05) is 25.1 Å². The number of anilines is 1. The van der Waals surface area contributed by atoms with Crippen molar-refractivity contribution in [3.05, 3.63) is 6.20 Å². The van der Waals surface area contributed by atoms with E-state index < -0.39 is 19.7 Å². The van der Waals surface area contributed by atoms with E-state index in [9.17, 15) is 14.4 Å². The normalized spacial score (nSPS) is 23.1. The summed E-state index contributed by atoms with van der Waals surface area (Å²) in [5.41, 5.74) is 0.559. The van der Waals surface area contributed by atoms with Crippen LogP contribution in [-0.2, 0) is 14.0 Å². The van der Waals surface area contributed by atoms with Crippen molar-refractivity contribution in [2.24, 2.45) is 0 Å². The molecule has 178 valence electrons. The molecule has 12 nitrogen and oxygen atoms in total. The molecular formula is C19H30N5O7P. The van der Waals surface area contributed by atoms with Gasteiger partial charge in [0.05, 0.1) is 30.9 Å². The lowest BCUT2D eigenvalue weighted by atomic mass is 10.2. The van der Waals surface area contributed by atoms with Gasteiger partial charge in [-0.15, -0.1) is 0 Å². The van der Waals surface area contributed by atoms with Gasteiger partial charge in [0, 0.05) is 6.04 Å². The number of fused-ring (bicyclic) bond motifs is 1. The summed E-state index contributed by atoms with van der Waals surface area (Å²) < 4.78 is 29.8. The summed E-state index contributed by atoms with van der Waals surface area (Å²) >= 11 is 0. The maximum absolute atomic E-state index is 11.3. The second-order valence-corrected chi connectivity index (χ2v) is 10.1. The smallest absolute Gasteiger partial charge is 0.353 e. The van der Waals surface area contributed by atoms with E-state index in [0.29, 0.717) is 30.3 Å². The minimum Gasteiger partial charge on any atom is -0.461 e. The van der Waals surface area contributed by atoms with Crippen LogP contribution in [0.3, 0.4) is 0 Å². The molecule has 1 saturated heterocycles. The average molecular weight is 471 g/mol. The highest BCUT2D eigenvalue weighted by atomic mass is 31.2. The lowest BCUT2D eigenvalue weighted by molar-refractivity contribution is -0.0502. The van der Waals surface area contributed by atoms with Crippen molar-refractivity contribution < 1.29 is 33.7 Å². The highest BCUT2D eigenvalue weighted by Gasteiger charge is 2.32. The third-order valence-electron chi connectivity index (χ3n) is 5.81. The fourth-order valence-corrected chi connectivity index (χ4v) is 4.30. The molecule has 1 aliphatic heterocycles. The molecular weight excluding hydrogens is 441 g/mol. The molecule has 2 aliphatic rings. The molecule has 0 bridgehead atoms. The molecule has 0 spiro atoms. The van der Waals surface area contributed by atoms with Crippen LogP contribution in [0.2, 0.25) is 0 Å². The van der Waals surface area contributed by atoms with Crippen LogP contribution in [0, 0.1) is 0 Å². The zero-order valence-corrected chi connectivity index (χ0v) is 18.9.